The normalized spacial score (nSPS) is 20.4. The van der Waals surface area contributed by atoms with Crippen LogP contribution in [-0.4, -0.2) is 79.7 Å². The molecule has 2 aliphatic rings. The molecule has 2 fully saturated rings. The SMILES string of the molecule is C=C/C=C(/I)C(=C)CS(=O)(=O)C/C=C1C(=C/c2[nH]c(C)c(C(=O)N3CCN(C)CC3)c2C)/C(=O)NC/1=C/C. The number of aromatic amines is 1. The fourth-order valence-electron chi connectivity index (χ4n) is 4.49. The molecule has 0 spiro atoms. The lowest BCUT2D eigenvalue weighted by Crippen LogP contribution is -2.47. The number of aryl methyl sites for hydroxylation is 1. The number of likely N-dealkylation sites (N-methyl/N-ethyl adjacent to an activating group) is 1. The minimum Gasteiger partial charge on any atom is -0.358 e. The predicted molar refractivity (Wildman–Crippen MR) is 162 cm³/mol. The molecule has 2 N–H and O–H groups in total. The van der Waals surface area contributed by atoms with Crippen molar-refractivity contribution in [3.05, 3.63) is 86.0 Å². The van der Waals surface area contributed by atoms with E-state index in [1.54, 1.807) is 37.3 Å². The van der Waals surface area contributed by atoms with E-state index in [-0.39, 0.29) is 23.3 Å². The number of H-pyrrole nitrogens is 1. The number of sulfone groups is 1. The number of aromatic nitrogens is 1. The summed E-state index contributed by atoms with van der Waals surface area (Å²) in [6.45, 7) is 16.0. The highest BCUT2D eigenvalue weighted by Crippen LogP contribution is 2.30. The van der Waals surface area contributed by atoms with Crippen molar-refractivity contribution in [3.8, 4) is 0 Å². The van der Waals surface area contributed by atoms with E-state index in [9.17, 15) is 18.0 Å². The second kappa shape index (κ2) is 12.4. The van der Waals surface area contributed by atoms with E-state index >= 15 is 0 Å². The quantitative estimate of drug-likeness (QED) is 0.253. The largest absolute Gasteiger partial charge is 0.358 e. The third-order valence-electron chi connectivity index (χ3n) is 6.67. The topological polar surface area (TPSA) is 103 Å². The van der Waals surface area contributed by atoms with E-state index in [4.69, 9.17) is 0 Å². The summed E-state index contributed by atoms with van der Waals surface area (Å²) in [5.74, 6) is -0.800. The summed E-state index contributed by atoms with van der Waals surface area (Å²) in [5.41, 5.74) is 4.64. The van der Waals surface area contributed by atoms with Crippen LogP contribution in [0.25, 0.3) is 6.08 Å². The van der Waals surface area contributed by atoms with Crippen LogP contribution in [0, 0.1) is 13.8 Å². The molecule has 0 unspecified atom stereocenters. The van der Waals surface area contributed by atoms with Gasteiger partial charge >= 0.3 is 0 Å². The number of piperazine rings is 1. The van der Waals surface area contributed by atoms with Gasteiger partial charge in [-0.05, 0) is 73.7 Å². The first kappa shape index (κ1) is 29.9. The van der Waals surface area contributed by atoms with E-state index in [0.717, 1.165) is 27.9 Å². The maximum atomic E-state index is 13.3. The lowest BCUT2D eigenvalue weighted by atomic mass is 10.0. The lowest BCUT2D eigenvalue weighted by molar-refractivity contribution is -0.115. The van der Waals surface area contributed by atoms with E-state index in [1.807, 2.05) is 48.4 Å². The second-order valence-electron chi connectivity index (χ2n) is 9.50. The van der Waals surface area contributed by atoms with Crippen molar-refractivity contribution >= 4 is 50.3 Å². The van der Waals surface area contributed by atoms with E-state index < -0.39 is 9.84 Å². The molecule has 3 rings (SSSR count). The molecule has 2 amide bonds. The van der Waals surface area contributed by atoms with Crippen molar-refractivity contribution in [2.75, 3.05) is 44.7 Å². The Balaban J connectivity index is 1.92. The number of nitrogens with one attached hydrogen (secondary N) is 2. The van der Waals surface area contributed by atoms with Crippen LogP contribution in [0.5, 0.6) is 0 Å². The van der Waals surface area contributed by atoms with Crippen molar-refractivity contribution in [1.82, 2.24) is 20.1 Å². The second-order valence-corrected chi connectivity index (χ2v) is 12.8. The number of carbonyl (C=O) groups excluding carboxylic acids is 2. The van der Waals surface area contributed by atoms with Crippen LogP contribution in [0.4, 0.5) is 0 Å². The summed E-state index contributed by atoms with van der Waals surface area (Å²) in [5, 5.41) is 2.81. The van der Waals surface area contributed by atoms with E-state index in [1.165, 1.54) is 0 Å². The molecule has 8 nitrogen and oxygen atoms in total. The van der Waals surface area contributed by atoms with Gasteiger partial charge in [0.2, 0.25) is 0 Å². The standard InChI is InChI=1S/C28H35IN4O4S/c1-7-9-23(29)18(3)17-38(36,37)15-10-21-22(27(34)31-24(21)8-2)16-25-19(4)26(20(5)30-25)28(35)33-13-11-32(6)12-14-33/h7-10,16,30H,1,3,11-15,17H2,2,4-6H3,(H,31,34)/b21-10-,22-16-,23-9+,24-8+. The zero-order valence-electron chi connectivity index (χ0n) is 22.4. The van der Waals surface area contributed by atoms with E-state index in [0.29, 0.717) is 46.8 Å². The Hall–Kier alpha value is -2.70. The monoisotopic (exact) mass is 650 g/mol. The summed E-state index contributed by atoms with van der Waals surface area (Å²) in [4.78, 5) is 33.5. The average molecular weight is 651 g/mol. The van der Waals surface area contributed by atoms with Crippen LogP contribution in [0.15, 0.2) is 63.5 Å². The minimum absolute atomic E-state index is 0.0266. The number of halogens is 1. The summed E-state index contributed by atoms with van der Waals surface area (Å²) in [6, 6.07) is 0. The van der Waals surface area contributed by atoms with Gasteiger partial charge in [0, 0.05) is 52.4 Å². The molecule has 1 aromatic heterocycles. The van der Waals surface area contributed by atoms with Crippen molar-refractivity contribution in [2.24, 2.45) is 0 Å². The Kier molecular flexibility index (Phi) is 9.77. The highest BCUT2D eigenvalue weighted by molar-refractivity contribution is 14.1. The van der Waals surface area contributed by atoms with Crippen LogP contribution in [0.3, 0.4) is 0 Å². The Bertz CT molecular complexity index is 1390. The molecule has 1 aromatic rings. The van der Waals surface area contributed by atoms with Gasteiger partial charge in [-0.25, -0.2) is 8.42 Å². The molecule has 0 radical (unpaired) electrons. The Morgan fingerprint density at radius 3 is 2.42 bits per heavy atom. The fourth-order valence-corrected chi connectivity index (χ4v) is 6.42. The maximum absolute atomic E-state index is 13.3. The highest BCUT2D eigenvalue weighted by Gasteiger charge is 2.29. The minimum atomic E-state index is -3.53. The zero-order valence-corrected chi connectivity index (χ0v) is 25.3. The van der Waals surface area contributed by atoms with Gasteiger partial charge in [-0.15, -0.1) is 0 Å². The lowest BCUT2D eigenvalue weighted by Gasteiger charge is -2.32. The first-order chi connectivity index (χ1) is 17.9. The number of hydrogen-bond donors (Lipinski definition) is 2. The van der Waals surface area contributed by atoms with Crippen molar-refractivity contribution in [2.45, 2.75) is 20.8 Å². The Labute approximate surface area is 239 Å². The number of nitrogens with zero attached hydrogens (tertiary/aromatic N) is 2. The highest BCUT2D eigenvalue weighted by atomic mass is 127. The predicted octanol–water partition coefficient (Wildman–Crippen LogP) is 3.84. The van der Waals surface area contributed by atoms with Gasteiger partial charge in [-0.2, -0.15) is 0 Å². The molecule has 10 heteroatoms. The van der Waals surface area contributed by atoms with Gasteiger partial charge in [0.15, 0.2) is 9.84 Å². The van der Waals surface area contributed by atoms with Crippen LogP contribution in [-0.2, 0) is 14.6 Å². The number of carbonyl (C=O) groups is 2. The van der Waals surface area contributed by atoms with Gasteiger partial charge in [0.25, 0.3) is 11.8 Å². The van der Waals surface area contributed by atoms with Crippen LogP contribution in [0.2, 0.25) is 0 Å². The van der Waals surface area contributed by atoms with E-state index in [2.05, 4.69) is 28.4 Å². The summed E-state index contributed by atoms with van der Waals surface area (Å²) in [6.07, 6.45) is 8.29. The van der Waals surface area contributed by atoms with Crippen molar-refractivity contribution in [1.29, 1.82) is 0 Å². The van der Waals surface area contributed by atoms with Gasteiger partial charge < -0.3 is 20.1 Å². The van der Waals surface area contributed by atoms with Crippen molar-refractivity contribution in [3.63, 3.8) is 0 Å². The summed E-state index contributed by atoms with van der Waals surface area (Å²) >= 11 is 2.03. The Morgan fingerprint density at radius 1 is 1.16 bits per heavy atom. The fraction of sp³-hybridized carbons (Fsp3) is 0.357. The van der Waals surface area contributed by atoms with Crippen LogP contribution < -0.4 is 5.32 Å². The zero-order chi connectivity index (χ0) is 28.2. The third-order valence-corrected chi connectivity index (χ3v) is 9.25. The number of rotatable bonds is 8. The molecular formula is C28H35IN4O4S. The molecule has 0 aromatic carbocycles. The number of hydrogen-bond acceptors (Lipinski definition) is 5. The summed E-state index contributed by atoms with van der Waals surface area (Å²) < 4.78 is 26.4. The Morgan fingerprint density at radius 2 is 1.82 bits per heavy atom. The molecule has 2 saturated heterocycles. The van der Waals surface area contributed by atoms with Crippen LogP contribution in [0.1, 0.15) is 34.2 Å². The molecule has 38 heavy (non-hydrogen) atoms. The number of amides is 2. The molecule has 0 aliphatic carbocycles. The average Bonchev–Trinajstić information content (AvgIpc) is 3.31. The first-order valence-corrected chi connectivity index (χ1v) is 15.2. The van der Waals surface area contributed by atoms with Gasteiger partial charge in [-0.3, -0.25) is 9.59 Å². The van der Waals surface area contributed by atoms with Gasteiger partial charge in [0.05, 0.1) is 22.6 Å². The molecule has 0 bridgehead atoms. The first-order valence-electron chi connectivity index (χ1n) is 12.3. The van der Waals surface area contributed by atoms with Crippen LogP contribution >= 0.6 is 22.6 Å². The van der Waals surface area contributed by atoms with Crippen molar-refractivity contribution < 1.29 is 18.0 Å². The maximum Gasteiger partial charge on any atom is 0.256 e. The molecule has 0 atom stereocenters. The molecule has 0 saturated carbocycles. The van der Waals surface area contributed by atoms with Gasteiger partial charge in [-0.1, -0.05) is 31.4 Å². The number of allylic oxidation sites excluding steroid dienone is 5. The molecular weight excluding hydrogens is 615 g/mol. The van der Waals surface area contributed by atoms with Gasteiger partial charge in [0.1, 0.15) is 0 Å². The molecule has 204 valence electrons. The molecule has 3 heterocycles. The summed E-state index contributed by atoms with van der Waals surface area (Å²) in [7, 11) is -1.49. The smallest absolute Gasteiger partial charge is 0.256 e. The third kappa shape index (κ3) is 6.83. The molecule has 2 aliphatic heterocycles.